The zero-order valence-corrected chi connectivity index (χ0v) is 21.3. The fraction of sp³-hybridized carbons (Fsp3) is 0.464. The second-order valence-electron chi connectivity index (χ2n) is 8.81. The zero-order valence-electron chi connectivity index (χ0n) is 21.3. The molecule has 1 fully saturated rings. The molecule has 0 unspecified atom stereocenters. The van der Waals surface area contributed by atoms with Gasteiger partial charge in [0, 0.05) is 19.1 Å². The third-order valence-electron chi connectivity index (χ3n) is 6.01. The number of carbonyl (C=O) groups is 1. The average molecular weight is 503 g/mol. The summed E-state index contributed by atoms with van der Waals surface area (Å²) in [5.41, 5.74) is 3.16. The van der Waals surface area contributed by atoms with E-state index in [0.717, 1.165) is 16.7 Å². The molecule has 1 aliphatic rings. The molecule has 8 heteroatoms. The molecule has 36 heavy (non-hydrogen) atoms. The van der Waals surface area contributed by atoms with Gasteiger partial charge in [-0.05, 0) is 40.8 Å². The van der Waals surface area contributed by atoms with Crippen molar-refractivity contribution in [2.24, 2.45) is 5.92 Å². The maximum absolute atomic E-state index is 13.8. The summed E-state index contributed by atoms with van der Waals surface area (Å²) >= 11 is 0. The standard InChI is InChI=1S/C28H35FO7/c1-18(2)23-17-25(33-4)27(35-16-15-34-14-13-32-3)26(19-5-7-20(29)8-6-19)21(23)9-10-22-24(30)11-12-36-28(22)31/h5-10,17-18,22,24,30H,11-16H2,1-4H3/b10-9+/t22-,24+/m0/s1. The van der Waals surface area contributed by atoms with Gasteiger partial charge in [-0.25, -0.2) is 4.39 Å². The van der Waals surface area contributed by atoms with Crippen LogP contribution in [0, 0.1) is 11.7 Å². The molecule has 196 valence electrons. The minimum Gasteiger partial charge on any atom is -0.493 e. The number of halogens is 1. The van der Waals surface area contributed by atoms with Crippen LogP contribution < -0.4 is 9.47 Å². The highest BCUT2D eigenvalue weighted by Gasteiger charge is 2.30. The van der Waals surface area contributed by atoms with Crippen molar-refractivity contribution in [3.63, 3.8) is 0 Å². The van der Waals surface area contributed by atoms with Crippen LogP contribution in [0.2, 0.25) is 0 Å². The lowest BCUT2D eigenvalue weighted by Gasteiger charge is -2.25. The Kier molecular flexibility index (Phi) is 10.3. The number of hydrogen-bond donors (Lipinski definition) is 1. The van der Waals surface area contributed by atoms with Crippen molar-refractivity contribution in [1.29, 1.82) is 0 Å². The van der Waals surface area contributed by atoms with E-state index >= 15 is 0 Å². The highest BCUT2D eigenvalue weighted by Crippen LogP contribution is 2.45. The van der Waals surface area contributed by atoms with Crippen molar-refractivity contribution in [3.8, 4) is 22.6 Å². The van der Waals surface area contributed by atoms with E-state index in [4.69, 9.17) is 23.7 Å². The molecule has 0 amide bonds. The number of rotatable bonds is 12. The van der Waals surface area contributed by atoms with E-state index < -0.39 is 18.0 Å². The predicted molar refractivity (Wildman–Crippen MR) is 135 cm³/mol. The van der Waals surface area contributed by atoms with Gasteiger partial charge in [-0.2, -0.15) is 0 Å². The molecular weight excluding hydrogens is 467 g/mol. The smallest absolute Gasteiger partial charge is 0.315 e. The van der Waals surface area contributed by atoms with E-state index in [1.807, 2.05) is 12.1 Å². The van der Waals surface area contributed by atoms with E-state index in [0.29, 0.717) is 43.3 Å². The molecule has 2 atom stereocenters. The van der Waals surface area contributed by atoms with Crippen LogP contribution in [0.4, 0.5) is 4.39 Å². The van der Waals surface area contributed by atoms with Crippen LogP contribution in [-0.2, 0) is 19.0 Å². The van der Waals surface area contributed by atoms with Gasteiger partial charge in [-0.1, -0.05) is 38.1 Å². The molecule has 0 spiro atoms. The van der Waals surface area contributed by atoms with E-state index in [1.54, 1.807) is 32.4 Å². The normalized spacial score (nSPS) is 18.0. The Morgan fingerprint density at radius 1 is 1.14 bits per heavy atom. The number of aliphatic hydroxyl groups excluding tert-OH is 1. The summed E-state index contributed by atoms with van der Waals surface area (Å²) in [7, 11) is 3.18. The van der Waals surface area contributed by atoms with Gasteiger partial charge in [0.1, 0.15) is 18.3 Å². The molecule has 0 aliphatic carbocycles. The van der Waals surface area contributed by atoms with Gasteiger partial charge in [0.05, 0.1) is 39.6 Å². The SMILES string of the molecule is COCCOCCOc1c(OC)cc(C(C)C)c(/C=C/[C@@H]2C(=O)OCC[C@H]2O)c1-c1ccc(F)cc1. The van der Waals surface area contributed by atoms with Gasteiger partial charge in [0.25, 0.3) is 0 Å². The van der Waals surface area contributed by atoms with Gasteiger partial charge in [0.2, 0.25) is 0 Å². The third kappa shape index (κ3) is 6.84. The Hall–Kier alpha value is -2.94. The lowest BCUT2D eigenvalue weighted by molar-refractivity contribution is -0.157. The molecule has 0 bridgehead atoms. The van der Waals surface area contributed by atoms with Crippen molar-refractivity contribution in [2.75, 3.05) is 47.3 Å². The minimum absolute atomic E-state index is 0.0902. The van der Waals surface area contributed by atoms with Gasteiger partial charge >= 0.3 is 5.97 Å². The Morgan fingerprint density at radius 3 is 2.50 bits per heavy atom. The first kappa shape index (κ1) is 27.6. The largest absolute Gasteiger partial charge is 0.493 e. The number of cyclic esters (lactones) is 1. The maximum Gasteiger partial charge on any atom is 0.315 e. The molecule has 2 aromatic rings. The van der Waals surface area contributed by atoms with Crippen molar-refractivity contribution < 1.29 is 38.0 Å². The molecule has 0 radical (unpaired) electrons. The van der Waals surface area contributed by atoms with Gasteiger partial charge in [-0.3, -0.25) is 4.79 Å². The quantitative estimate of drug-likeness (QED) is 0.335. The Bertz CT molecular complexity index is 1030. The van der Waals surface area contributed by atoms with Crippen LogP contribution in [0.3, 0.4) is 0 Å². The Labute approximate surface area is 211 Å². The van der Waals surface area contributed by atoms with Gasteiger partial charge in [0.15, 0.2) is 11.5 Å². The van der Waals surface area contributed by atoms with Gasteiger partial charge < -0.3 is 28.8 Å². The summed E-state index contributed by atoms with van der Waals surface area (Å²) in [4.78, 5) is 12.3. The van der Waals surface area contributed by atoms with Crippen molar-refractivity contribution in [1.82, 2.24) is 0 Å². The fourth-order valence-electron chi connectivity index (χ4n) is 4.10. The summed E-state index contributed by atoms with van der Waals surface area (Å²) < 4.78 is 41.4. The van der Waals surface area contributed by atoms with E-state index in [1.165, 1.54) is 12.1 Å². The lowest BCUT2D eigenvalue weighted by Crippen LogP contribution is -2.34. The van der Waals surface area contributed by atoms with Crippen LogP contribution in [0.15, 0.2) is 36.4 Å². The number of esters is 1. The molecule has 0 aromatic heterocycles. The lowest BCUT2D eigenvalue weighted by atomic mass is 9.87. The molecule has 7 nitrogen and oxygen atoms in total. The molecule has 2 aromatic carbocycles. The second kappa shape index (κ2) is 13.4. The van der Waals surface area contributed by atoms with E-state index in [-0.39, 0.29) is 24.9 Å². The number of carbonyl (C=O) groups excluding carboxylic acids is 1. The summed E-state index contributed by atoms with van der Waals surface area (Å²) in [6, 6.07) is 8.04. The summed E-state index contributed by atoms with van der Waals surface area (Å²) in [6.07, 6.45) is 3.04. The van der Waals surface area contributed by atoms with Crippen LogP contribution in [-0.4, -0.2) is 64.4 Å². The van der Waals surface area contributed by atoms with Crippen molar-refractivity contribution >= 4 is 12.0 Å². The van der Waals surface area contributed by atoms with Crippen LogP contribution in [0.25, 0.3) is 17.2 Å². The van der Waals surface area contributed by atoms with Crippen LogP contribution in [0.1, 0.15) is 37.3 Å². The monoisotopic (exact) mass is 502 g/mol. The third-order valence-corrected chi connectivity index (χ3v) is 6.01. The Balaban J connectivity index is 2.11. The highest BCUT2D eigenvalue weighted by atomic mass is 19.1. The fourth-order valence-corrected chi connectivity index (χ4v) is 4.10. The number of methoxy groups -OCH3 is 2. The van der Waals surface area contributed by atoms with Crippen molar-refractivity contribution in [2.45, 2.75) is 32.3 Å². The average Bonchev–Trinajstić information content (AvgIpc) is 2.86. The predicted octanol–water partition coefficient (Wildman–Crippen LogP) is 4.60. The first-order chi connectivity index (χ1) is 17.4. The van der Waals surface area contributed by atoms with E-state index in [2.05, 4.69) is 13.8 Å². The molecule has 3 rings (SSSR count). The molecule has 1 saturated heterocycles. The van der Waals surface area contributed by atoms with Crippen LogP contribution >= 0.6 is 0 Å². The van der Waals surface area contributed by atoms with Crippen molar-refractivity contribution in [3.05, 3.63) is 53.4 Å². The summed E-state index contributed by atoms with van der Waals surface area (Å²) in [5, 5.41) is 10.4. The Morgan fingerprint density at radius 2 is 1.86 bits per heavy atom. The second-order valence-corrected chi connectivity index (χ2v) is 8.81. The molecule has 0 saturated carbocycles. The van der Waals surface area contributed by atoms with E-state index in [9.17, 15) is 14.3 Å². The number of benzene rings is 2. The highest BCUT2D eigenvalue weighted by molar-refractivity contribution is 5.86. The first-order valence-corrected chi connectivity index (χ1v) is 12.1. The molecule has 1 aliphatic heterocycles. The zero-order chi connectivity index (χ0) is 26.1. The molecule has 1 heterocycles. The number of hydrogen-bond acceptors (Lipinski definition) is 7. The number of aliphatic hydroxyl groups is 1. The molecular formula is C28H35FO7. The molecule has 1 N–H and O–H groups in total. The van der Waals surface area contributed by atoms with Crippen LogP contribution in [0.5, 0.6) is 11.5 Å². The summed E-state index contributed by atoms with van der Waals surface area (Å²) in [5.74, 6) is -0.491. The first-order valence-electron chi connectivity index (χ1n) is 12.1. The maximum atomic E-state index is 13.8. The number of ether oxygens (including phenoxy) is 5. The van der Waals surface area contributed by atoms with Gasteiger partial charge in [-0.15, -0.1) is 0 Å². The minimum atomic E-state index is -0.822. The topological polar surface area (TPSA) is 83.5 Å². The summed E-state index contributed by atoms with van der Waals surface area (Å²) in [6.45, 7) is 5.83.